The molecule has 28 heavy (non-hydrogen) atoms. The number of aromatic nitrogens is 1. The molecule has 1 N–H and O–H groups in total. The van der Waals surface area contributed by atoms with Crippen LogP contribution in [0.5, 0.6) is 11.5 Å². The lowest BCUT2D eigenvalue weighted by atomic mass is 10.0. The van der Waals surface area contributed by atoms with E-state index in [4.69, 9.17) is 9.47 Å². The van der Waals surface area contributed by atoms with E-state index in [0.717, 1.165) is 24.6 Å². The minimum absolute atomic E-state index is 0.162. The fourth-order valence-corrected chi connectivity index (χ4v) is 3.65. The van der Waals surface area contributed by atoms with Crippen molar-refractivity contribution >= 4 is 16.8 Å². The molecular weight excluding hydrogens is 356 g/mol. The first-order chi connectivity index (χ1) is 13.2. The molecule has 1 amide bonds. The molecule has 0 aliphatic carbocycles. The molecule has 1 aliphatic heterocycles. The van der Waals surface area contributed by atoms with Crippen molar-refractivity contribution in [2.24, 2.45) is 5.92 Å². The van der Waals surface area contributed by atoms with Crippen LogP contribution in [0.3, 0.4) is 0 Å². The van der Waals surface area contributed by atoms with Crippen LogP contribution >= 0.6 is 0 Å². The maximum Gasteiger partial charge on any atom is 0.264 e. The van der Waals surface area contributed by atoms with Gasteiger partial charge in [-0.2, -0.15) is 0 Å². The first-order valence-electron chi connectivity index (χ1n) is 9.95. The van der Waals surface area contributed by atoms with Gasteiger partial charge in [0.05, 0.1) is 19.2 Å². The van der Waals surface area contributed by atoms with Crippen LogP contribution in [-0.4, -0.2) is 29.7 Å². The Hall–Kier alpha value is -2.50. The molecular formula is C22H30N2O4. The molecule has 2 aromatic rings. The number of amides is 1. The number of unbranched alkanes of at least 4 members (excludes halogenated alkanes) is 1. The summed E-state index contributed by atoms with van der Waals surface area (Å²) in [7, 11) is 1.59. The van der Waals surface area contributed by atoms with Gasteiger partial charge in [0, 0.05) is 23.4 Å². The largest absolute Gasteiger partial charge is 0.493 e. The summed E-state index contributed by atoms with van der Waals surface area (Å²) in [5.74, 6) is 1.04. The van der Waals surface area contributed by atoms with Crippen LogP contribution in [0.2, 0.25) is 0 Å². The highest BCUT2D eigenvalue weighted by Crippen LogP contribution is 2.38. The molecule has 1 unspecified atom stereocenters. The van der Waals surface area contributed by atoms with Crippen LogP contribution in [0, 0.1) is 5.92 Å². The summed E-state index contributed by atoms with van der Waals surface area (Å²) in [5.41, 5.74) is 0.163. The fourth-order valence-electron chi connectivity index (χ4n) is 3.65. The number of benzene rings is 1. The van der Waals surface area contributed by atoms with Gasteiger partial charge in [-0.25, -0.2) is 0 Å². The Morgan fingerprint density at radius 1 is 1.36 bits per heavy atom. The second-order valence-corrected chi connectivity index (χ2v) is 8.53. The number of hydrogen-bond donors (Lipinski definition) is 1. The van der Waals surface area contributed by atoms with E-state index in [-0.39, 0.29) is 22.9 Å². The van der Waals surface area contributed by atoms with Crippen molar-refractivity contribution in [2.75, 3.05) is 13.7 Å². The van der Waals surface area contributed by atoms with Gasteiger partial charge in [-0.05, 0) is 45.4 Å². The summed E-state index contributed by atoms with van der Waals surface area (Å²) < 4.78 is 13.3. The van der Waals surface area contributed by atoms with Crippen molar-refractivity contribution in [3.63, 3.8) is 0 Å². The number of hydrogen-bond acceptors (Lipinski definition) is 4. The highest BCUT2D eigenvalue weighted by molar-refractivity contribution is 5.99. The van der Waals surface area contributed by atoms with E-state index in [2.05, 4.69) is 12.2 Å². The average molecular weight is 386 g/mol. The maximum atomic E-state index is 13.3. The molecule has 1 aliphatic rings. The topological polar surface area (TPSA) is 69.6 Å². The first kappa shape index (κ1) is 20.2. The van der Waals surface area contributed by atoms with Gasteiger partial charge < -0.3 is 19.4 Å². The zero-order valence-corrected chi connectivity index (χ0v) is 17.4. The SMILES string of the molecule is CCCCC1COc2c(OC)ccc3cc(C(=O)NC(C)(C)C)c(=O)n(c23)C1. The Balaban J connectivity index is 2.18. The van der Waals surface area contributed by atoms with Crippen LogP contribution in [0.1, 0.15) is 57.3 Å². The smallest absolute Gasteiger partial charge is 0.264 e. The molecule has 0 radical (unpaired) electrons. The number of carbonyl (C=O) groups excluding carboxylic acids is 1. The lowest BCUT2D eigenvalue weighted by Crippen LogP contribution is -2.43. The minimum Gasteiger partial charge on any atom is -0.493 e. The summed E-state index contributed by atoms with van der Waals surface area (Å²) in [4.78, 5) is 26.1. The van der Waals surface area contributed by atoms with E-state index in [1.807, 2.05) is 32.9 Å². The third kappa shape index (κ3) is 4.01. The highest BCUT2D eigenvalue weighted by Gasteiger charge is 2.26. The van der Waals surface area contributed by atoms with Crippen LogP contribution in [0.4, 0.5) is 0 Å². The molecule has 0 spiro atoms. The van der Waals surface area contributed by atoms with Crippen LogP contribution in [0.15, 0.2) is 23.0 Å². The molecule has 0 fully saturated rings. The minimum atomic E-state index is -0.422. The summed E-state index contributed by atoms with van der Waals surface area (Å²) in [6.07, 6.45) is 3.13. The van der Waals surface area contributed by atoms with E-state index < -0.39 is 5.54 Å². The summed E-state index contributed by atoms with van der Waals surface area (Å²) in [6, 6.07) is 5.36. The molecule has 0 saturated carbocycles. The number of pyridine rings is 1. The molecule has 3 rings (SSSR count). The van der Waals surface area contributed by atoms with Crippen molar-refractivity contribution in [1.82, 2.24) is 9.88 Å². The third-order valence-corrected chi connectivity index (χ3v) is 5.00. The van der Waals surface area contributed by atoms with Crippen molar-refractivity contribution in [2.45, 2.75) is 59.0 Å². The molecule has 2 heterocycles. The normalized spacial score (nSPS) is 16.4. The zero-order chi connectivity index (χ0) is 20.5. The zero-order valence-electron chi connectivity index (χ0n) is 17.4. The third-order valence-electron chi connectivity index (χ3n) is 5.00. The van der Waals surface area contributed by atoms with E-state index in [9.17, 15) is 9.59 Å². The number of rotatable bonds is 5. The van der Waals surface area contributed by atoms with Gasteiger partial charge in [0.25, 0.3) is 11.5 Å². The average Bonchev–Trinajstić information content (AvgIpc) is 2.82. The van der Waals surface area contributed by atoms with Crippen LogP contribution < -0.4 is 20.3 Å². The summed E-state index contributed by atoms with van der Waals surface area (Å²) in [6.45, 7) is 8.91. The lowest BCUT2D eigenvalue weighted by molar-refractivity contribution is 0.0917. The van der Waals surface area contributed by atoms with Crippen molar-refractivity contribution in [3.8, 4) is 11.5 Å². The maximum absolute atomic E-state index is 13.3. The second-order valence-electron chi connectivity index (χ2n) is 8.53. The Kier molecular flexibility index (Phi) is 5.68. The standard InChI is InChI=1S/C22H30N2O4/c1-6-7-8-14-12-24-18-15(9-10-17(27-5)19(18)28-13-14)11-16(21(24)26)20(25)23-22(2,3)4/h9-11,14H,6-8,12-13H2,1-5H3,(H,23,25). The van der Waals surface area contributed by atoms with E-state index in [1.165, 1.54) is 0 Å². The Labute approximate surface area is 165 Å². The monoisotopic (exact) mass is 386 g/mol. The number of ether oxygens (including phenoxy) is 2. The Bertz CT molecular complexity index is 940. The molecule has 152 valence electrons. The van der Waals surface area contributed by atoms with Gasteiger partial charge in [0.15, 0.2) is 11.5 Å². The number of methoxy groups -OCH3 is 1. The molecule has 1 aromatic heterocycles. The predicted octanol–water partition coefficient (Wildman–Crippen LogP) is 3.74. The van der Waals surface area contributed by atoms with Gasteiger partial charge in [0.2, 0.25) is 0 Å². The number of nitrogens with one attached hydrogen (secondary N) is 1. The Morgan fingerprint density at radius 3 is 2.75 bits per heavy atom. The van der Waals surface area contributed by atoms with Crippen LogP contribution in [-0.2, 0) is 6.54 Å². The number of nitrogens with zero attached hydrogens (tertiary/aromatic N) is 1. The van der Waals surface area contributed by atoms with Gasteiger partial charge in [0.1, 0.15) is 5.56 Å². The van der Waals surface area contributed by atoms with Gasteiger partial charge >= 0.3 is 0 Å². The van der Waals surface area contributed by atoms with Gasteiger partial charge in [-0.15, -0.1) is 0 Å². The highest BCUT2D eigenvalue weighted by atomic mass is 16.5. The molecule has 0 bridgehead atoms. The molecule has 0 saturated heterocycles. The molecule has 6 nitrogen and oxygen atoms in total. The van der Waals surface area contributed by atoms with E-state index >= 15 is 0 Å². The summed E-state index contributed by atoms with van der Waals surface area (Å²) in [5, 5.41) is 3.70. The quantitative estimate of drug-likeness (QED) is 0.850. The fraction of sp³-hybridized carbons (Fsp3) is 0.545. The van der Waals surface area contributed by atoms with Crippen molar-refractivity contribution in [3.05, 3.63) is 34.1 Å². The number of carbonyl (C=O) groups is 1. The Morgan fingerprint density at radius 2 is 2.11 bits per heavy atom. The lowest BCUT2D eigenvalue weighted by Gasteiger charge is -2.21. The van der Waals surface area contributed by atoms with E-state index in [0.29, 0.717) is 30.2 Å². The second kappa shape index (κ2) is 7.86. The predicted molar refractivity (Wildman–Crippen MR) is 110 cm³/mol. The molecule has 6 heteroatoms. The van der Waals surface area contributed by atoms with E-state index in [1.54, 1.807) is 17.7 Å². The van der Waals surface area contributed by atoms with Crippen LogP contribution in [0.25, 0.3) is 10.9 Å². The van der Waals surface area contributed by atoms with Gasteiger partial charge in [-0.3, -0.25) is 9.59 Å². The van der Waals surface area contributed by atoms with Crippen molar-refractivity contribution in [1.29, 1.82) is 0 Å². The van der Waals surface area contributed by atoms with Gasteiger partial charge in [-0.1, -0.05) is 19.8 Å². The molecule has 1 atom stereocenters. The molecule has 1 aromatic carbocycles. The first-order valence-corrected chi connectivity index (χ1v) is 9.95. The van der Waals surface area contributed by atoms with Crippen molar-refractivity contribution < 1.29 is 14.3 Å². The summed E-state index contributed by atoms with van der Waals surface area (Å²) >= 11 is 0.